The van der Waals surface area contributed by atoms with Crippen molar-refractivity contribution >= 4 is 36.1 Å². The molecule has 4 unspecified atom stereocenters. The number of benzene rings is 4. The molecular weight excluding hydrogens is 840 g/mol. The first-order valence-electron chi connectivity index (χ1n) is 19.3. The van der Waals surface area contributed by atoms with Crippen molar-refractivity contribution in [2.75, 3.05) is 26.3 Å². The van der Waals surface area contributed by atoms with E-state index >= 15 is 0 Å². The number of carbonyl (C=O) groups excluding carboxylic acids is 2. The Bertz CT molecular complexity index is 2120. The summed E-state index contributed by atoms with van der Waals surface area (Å²) < 4.78 is 11.0. The molecule has 16 nitrogen and oxygen atoms in total. The number of nitrogens with one attached hydrogen (secondary N) is 2. The van der Waals surface area contributed by atoms with Crippen LogP contribution in [0.25, 0.3) is 33.7 Å². The maximum Gasteiger partial charge on any atom is 2.00 e. The third-order valence-electron chi connectivity index (χ3n) is 11.9. The predicted molar refractivity (Wildman–Crippen MR) is 214 cm³/mol. The van der Waals surface area contributed by atoms with E-state index in [1.54, 1.807) is 0 Å². The third kappa shape index (κ3) is 8.55. The summed E-state index contributed by atoms with van der Waals surface area (Å²) in [6, 6.07) is 28.6. The summed E-state index contributed by atoms with van der Waals surface area (Å²) in [5.41, 5.74) is 20.6. The van der Waals surface area contributed by atoms with Gasteiger partial charge in [0.25, 0.3) is 11.9 Å². The van der Waals surface area contributed by atoms with Gasteiger partial charge in [-0.3, -0.25) is 19.4 Å². The van der Waals surface area contributed by atoms with Crippen LogP contribution in [0.15, 0.2) is 97.1 Å². The molecule has 2 amide bonds. The predicted octanol–water partition coefficient (Wildman–Crippen LogP) is 6.72. The molecule has 0 spiro atoms. The van der Waals surface area contributed by atoms with Crippen LogP contribution in [0.5, 0.6) is 0 Å². The second-order valence-electron chi connectivity index (χ2n) is 15.4. The molecule has 6 N–H and O–H groups in total. The van der Waals surface area contributed by atoms with Crippen LogP contribution in [-0.2, 0) is 45.7 Å². The van der Waals surface area contributed by atoms with Gasteiger partial charge in [-0.2, -0.15) is 0 Å². The van der Waals surface area contributed by atoms with Crippen LogP contribution in [0.1, 0.15) is 59.8 Å². The molecule has 2 aliphatic carbocycles. The number of nitrogens with zero attached hydrogens (tertiary/aromatic N) is 2. The minimum absolute atomic E-state index is 0. The molecule has 17 heteroatoms. The summed E-state index contributed by atoms with van der Waals surface area (Å²) in [5, 5.41) is 37.5. The Morgan fingerprint density at radius 1 is 0.525 bits per heavy atom. The largest absolute Gasteiger partial charge is 2.00 e. The Morgan fingerprint density at radius 2 is 0.803 bits per heavy atom. The second-order valence-corrected chi connectivity index (χ2v) is 15.4. The number of ether oxygens (including phenoxy) is 2. The van der Waals surface area contributed by atoms with Crippen LogP contribution in [0.2, 0.25) is 0 Å². The van der Waals surface area contributed by atoms with Crippen LogP contribution in [-0.4, -0.2) is 116 Å². The van der Waals surface area contributed by atoms with Gasteiger partial charge in [0.05, 0.1) is 0 Å². The van der Waals surface area contributed by atoms with Gasteiger partial charge in [0, 0.05) is 24.9 Å². The summed E-state index contributed by atoms with van der Waals surface area (Å²) in [6.45, 7) is -0.242. The van der Waals surface area contributed by atoms with E-state index in [4.69, 9.17) is 20.9 Å². The number of piperidine rings is 2. The number of hydrogen-bond acceptors (Lipinski definition) is 8. The van der Waals surface area contributed by atoms with Crippen molar-refractivity contribution in [2.24, 2.45) is 0 Å². The number of aliphatic carboxylic acids is 4. The topological polar surface area (TPSA) is 256 Å². The molecule has 2 saturated heterocycles. The van der Waals surface area contributed by atoms with Crippen LogP contribution in [0.3, 0.4) is 0 Å². The number of carboxylic acid groups (broad SMARTS) is 4. The summed E-state index contributed by atoms with van der Waals surface area (Å²) in [4.78, 5) is 73.4. The zero-order valence-corrected chi connectivity index (χ0v) is 33.4. The summed E-state index contributed by atoms with van der Waals surface area (Å²) in [7, 11) is 0. The molecule has 2 fully saturated rings. The zero-order valence-electron chi connectivity index (χ0n) is 32.5. The fourth-order valence-electron chi connectivity index (χ4n) is 8.64. The molecule has 1 radical (unpaired) electrons. The van der Waals surface area contributed by atoms with Gasteiger partial charge in [-0.25, -0.2) is 19.2 Å². The second kappa shape index (κ2) is 17.8. The maximum absolute atomic E-state index is 12.7. The molecule has 0 saturated carbocycles. The molecule has 0 bridgehead atoms. The van der Waals surface area contributed by atoms with Crippen LogP contribution in [0.4, 0.5) is 9.59 Å². The van der Waals surface area contributed by atoms with E-state index in [2.05, 4.69) is 0 Å². The van der Waals surface area contributed by atoms with Gasteiger partial charge in [-0.15, -0.1) is 0 Å². The van der Waals surface area contributed by atoms with Crippen LogP contribution < -0.4 is 0 Å². The first kappa shape index (κ1) is 44.3. The normalized spacial score (nSPS) is 22.5. The van der Waals surface area contributed by atoms with Gasteiger partial charge < -0.3 is 41.4 Å². The van der Waals surface area contributed by atoms with Crippen molar-refractivity contribution in [1.82, 2.24) is 9.80 Å². The smallest absolute Gasteiger partial charge is 0.662 e. The van der Waals surface area contributed by atoms with Crippen molar-refractivity contribution in [3.05, 3.63) is 131 Å². The first-order chi connectivity index (χ1) is 28.6. The van der Waals surface area contributed by atoms with E-state index in [1.165, 1.54) is 0 Å². The van der Waals surface area contributed by atoms with E-state index in [0.29, 0.717) is 0 Å². The Kier molecular flexibility index (Phi) is 12.9. The van der Waals surface area contributed by atoms with E-state index in [-0.39, 0.29) is 68.0 Å². The molecule has 2 heterocycles. The average molecular weight is 882 g/mol. The molecular formula is C44H42CuN4O12. The molecule has 4 atom stereocenters. The van der Waals surface area contributed by atoms with Crippen LogP contribution in [0, 0.1) is 0 Å². The van der Waals surface area contributed by atoms with Crippen molar-refractivity contribution in [3.63, 3.8) is 0 Å². The number of carbonyl (C=O) groups is 6. The van der Waals surface area contributed by atoms with Crippen molar-refractivity contribution in [1.29, 1.82) is 0 Å². The Balaban J connectivity index is 0.000000201. The molecule has 4 aromatic carbocycles. The van der Waals surface area contributed by atoms with Gasteiger partial charge in [0.1, 0.15) is 25.3 Å². The van der Waals surface area contributed by atoms with Crippen LogP contribution >= 0.6 is 0 Å². The van der Waals surface area contributed by atoms with Gasteiger partial charge in [0.15, 0.2) is 0 Å². The van der Waals surface area contributed by atoms with Crippen molar-refractivity contribution in [3.8, 4) is 22.3 Å². The SMILES string of the molecule is [Cu+2].[NH-]C1(C(=O)O)CCN(C(=O)OCC2c3ccccc3-c3ccccc32)C(C(=O)O)C1.[NH-]C1(C(=O)O)CCN(C(=O)OCC2c3ccccc3-c3ccccc32)C(C(=O)O)C1. The fraction of sp³-hybridized carbons (Fsp3) is 0.318. The Labute approximate surface area is 360 Å². The first-order valence-corrected chi connectivity index (χ1v) is 19.3. The van der Waals surface area contributed by atoms with Crippen molar-refractivity contribution in [2.45, 2.75) is 60.7 Å². The van der Waals surface area contributed by atoms with Gasteiger partial charge in [-0.1, -0.05) is 97.1 Å². The molecule has 321 valence electrons. The minimum atomic E-state index is -1.93. The molecule has 8 rings (SSSR count). The number of hydrogen-bond donors (Lipinski definition) is 4. The number of amides is 2. The van der Waals surface area contributed by atoms with E-state index < -0.39 is 72.1 Å². The molecule has 61 heavy (non-hydrogen) atoms. The Hall–Kier alpha value is -6.26. The third-order valence-corrected chi connectivity index (χ3v) is 11.9. The van der Waals surface area contributed by atoms with E-state index in [9.17, 15) is 49.2 Å². The number of rotatable bonds is 8. The molecule has 0 aromatic heterocycles. The summed E-state index contributed by atoms with van der Waals surface area (Å²) >= 11 is 0. The molecule has 4 aromatic rings. The maximum atomic E-state index is 12.7. The average Bonchev–Trinajstić information content (AvgIpc) is 3.74. The molecule has 2 aliphatic heterocycles. The standard InChI is InChI=1S/2C22H21N2O6.Cu/c2*23-22(20(27)28)9-10-24(18(11-22)19(25)26)21(29)30-12-17-15-7-3-1-5-13(15)14-6-2-4-8-16(14)17;/h2*1-8,17-18,23H,9-12H2,(H,25,26)(H,27,28);/q2*-1;+2. The monoisotopic (exact) mass is 881 g/mol. The number of likely N-dealkylation sites (tertiary alicyclic amines) is 2. The fourth-order valence-corrected chi connectivity index (χ4v) is 8.64. The van der Waals surface area contributed by atoms with Gasteiger partial charge >= 0.3 is 41.2 Å². The summed E-state index contributed by atoms with van der Waals surface area (Å²) in [6.07, 6.45) is -2.90. The van der Waals surface area contributed by atoms with Gasteiger partial charge in [0.2, 0.25) is 0 Å². The summed E-state index contributed by atoms with van der Waals surface area (Å²) in [5.74, 6) is -5.79. The van der Waals surface area contributed by atoms with Gasteiger partial charge in [-0.05, 0) is 81.3 Å². The zero-order chi connectivity index (χ0) is 42.9. The number of carboxylic acids is 4. The van der Waals surface area contributed by atoms with Crippen molar-refractivity contribution < 1.29 is 75.7 Å². The minimum Gasteiger partial charge on any atom is -0.662 e. The molecule has 4 aliphatic rings. The Morgan fingerprint density at radius 3 is 1.07 bits per heavy atom. The quantitative estimate of drug-likeness (QED) is 0.135. The van der Waals surface area contributed by atoms with E-state index in [0.717, 1.165) is 54.3 Å². The number of fused-ring (bicyclic) bond motifs is 6. The van der Waals surface area contributed by atoms with E-state index in [1.807, 2.05) is 97.1 Å².